The SMILES string of the molecule is CCCNc1cc(COCC(C)CCC)ccc1[N+](=O)[O-]. The lowest BCUT2D eigenvalue weighted by molar-refractivity contribution is -0.384. The Morgan fingerprint density at radius 2 is 2.10 bits per heavy atom. The van der Waals surface area contributed by atoms with E-state index in [1.807, 2.05) is 13.0 Å². The molecule has 0 saturated heterocycles. The fourth-order valence-electron chi connectivity index (χ4n) is 2.19. The molecule has 5 nitrogen and oxygen atoms in total. The molecule has 0 aromatic heterocycles. The van der Waals surface area contributed by atoms with Gasteiger partial charge in [-0.1, -0.05) is 27.2 Å². The minimum Gasteiger partial charge on any atom is -0.379 e. The van der Waals surface area contributed by atoms with Gasteiger partial charge in [-0.15, -0.1) is 0 Å². The van der Waals surface area contributed by atoms with Gasteiger partial charge in [0.2, 0.25) is 0 Å². The van der Waals surface area contributed by atoms with Crippen molar-refractivity contribution in [3.8, 4) is 0 Å². The number of nitro groups is 1. The van der Waals surface area contributed by atoms with E-state index >= 15 is 0 Å². The molecule has 0 fully saturated rings. The summed E-state index contributed by atoms with van der Waals surface area (Å²) in [6.07, 6.45) is 3.24. The zero-order chi connectivity index (χ0) is 15.7. The molecule has 5 heteroatoms. The van der Waals surface area contributed by atoms with Crippen molar-refractivity contribution in [2.75, 3.05) is 18.5 Å². The van der Waals surface area contributed by atoms with Crippen LogP contribution in [-0.2, 0) is 11.3 Å². The summed E-state index contributed by atoms with van der Waals surface area (Å²) in [6, 6.07) is 5.13. The molecule has 0 aliphatic heterocycles. The molecular weight excluding hydrogens is 268 g/mol. The first-order valence-electron chi connectivity index (χ1n) is 7.67. The smallest absolute Gasteiger partial charge is 0.292 e. The fraction of sp³-hybridized carbons (Fsp3) is 0.625. The third-order valence-electron chi connectivity index (χ3n) is 3.28. The highest BCUT2D eigenvalue weighted by molar-refractivity contribution is 5.62. The number of nitrogens with one attached hydrogen (secondary N) is 1. The molecule has 1 rings (SSSR count). The third kappa shape index (κ3) is 6.12. The molecule has 0 radical (unpaired) electrons. The Hall–Kier alpha value is -1.62. The van der Waals surface area contributed by atoms with Crippen LogP contribution in [0.5, 0.6) is 0 Å². The normalized spacial score (nSPS) is 12.1. The number of rotatable bonds is 10. The van der Waals surface area contributed by atoms with Gasteiger partial charge in [-0.2, -0.15) is 0 Å². The van der Waals surface area contributed by atoms with Crippen LogP contribution in [0, 0.1) is 16.0 Å². The maximum Gasteiger partial charge on any atom is 0.292 e. The third-order valence-corrected chi connectivity index (χ3v) is 3.28. The van der Waals surface area contributed by atoms with E-state index in [-0.39, 0.29) is 10.6 Å². The van der Waals surface area contributed by atoms with E-state index in [0.29, 0.717) is 18.2 Å². The summed E-state index contributed by atoms with van der Waals surface area (Å²) in [4.78, 5) is 10.7. The first-order valence-corrected chi connectivity index (χ1v) is 7.67. The number of nitro benzene ring substituents is 1. The predicted octanol–water partition coefficient (Wildman–Crippen LogP) is 4.37. The van der Waals surface area contributed by atoms with E-state index in [4.69, 9.17) is 4.74 Å². The molecule has 1 aromatic rings. The number of ether oxygens (including phenoxy) is 1. The van der Waals surface area contributed by atoms with Crippen molar-refractivity contribution in [3.63, 3.8) is 0 Å². The summed E-state index contributed by atoms with van der Waals surface area (Å²) < 4.78 is 5.70. The van der Waals surface area contributed by atoms with Gasteiger partial charge in [0.1, 0.15) is 5.69 Å². The maximum absolute atomic E-state index is 11.0. The fourth-order valence-corrected chi connectivity index (χ4v) is 2.19. The summed E-state index contributed by atoms with van der Waals surface area (Å²) in [7, 11) is 0. The van der Waals surface area contributed by atoms with Gasteiger partial charge in [0, 0.05) is 19.2 Å². The molecule has 1 unspecified atom stereocenters. The van der Waals surface area contributed by atoms with Gasteiger partial charge in [0.25, 0.3) is 5.69 Å². The summed E-state index contributed by atoms with van der Waals surface area (Å²) in [5, 5.41) is 14.1. The van der Waals surface area contributed by atoms with Gasteiger partial charge >= 0.3 is 0 Å². The Balaban J connectivity index is 2.64. The minimum absolute atomic E-state index is 0.117. The quantitative estimate of drug-likeness (QED) is 0.514. The minimum atomic E-state index is -0.355. The van der Waals surface area contributed by atoms with Crippen LogP contribution in [0.15, 0.2) is 18.2 Å². The van der Waals surface area contributed by atoms with Crippen molar-refractivity contribution < 1.29 is 9.66 Å². The molecule has 0 saturated carbocycles. The van der Waals surface area contributed by atoms with Crippen molar-refractivity contribution >= 4 is 11.4 Å². The highest BCUT2D eigenvalue weighted by Crippen LogP contribution is 2.26. The molecule has 0 spiro atoms. The number of hydrogen-bond acceptors (Lipinski definition) is 4. The van der Waals surface area contributed by atoms with Gasteiger partial charge < -0.3 is 10.1 Å². The molecule has 21 heavy (non-hydrogen) atoms. The highest BCUT2D eigenvalue weighted by Gasteiger charge is 2.13. The van der Waals surface area contributed by atoms with Crippen LogP contribution in [0.25, 0.3) is 0 Å². The van der Waals surface area contributed by atoms with Crippen molar-refractivity contribution in [1.82, 2.24) is 0 Å². The lowest BCUT2D eigenvalue weighted by atomic mass is 10.1. The topological polar surface area (TPSA) is 64.4 Å². The van der Waals surface area contributed by atoms with Crippen LogP contribution >= 0.6 is 0 Å². The van der Waals surface area contributed by atoms with Crippen LogP contribution in [0.2, 0.25) is 0 Å². The summed E-state index contributed by atoms with van der Waals surface area (Å²) in [6.45, 7) is 8.31. The zero-order valence-electron chi connectivity index (χ0n) is 13.2. The second-order valence-electron chi connectivity index (χ2n) is 5.44. The highest BCUT2D eigenvalue weighted by atomic mass is 16.6. The molecule has 0 aliphatic carbocycles. The van der Waals surface area contributed by atoms with Crippen molar-refractivity contribution in [2.45, 2.75) is 46.6 Å². The molecule has 1 N–H and O–H groups in total. The predicted molar refractivity (Wildman–Crippen MR) is 85.6 cm³/mol. The Morgan fingerprint density at radius 3 is 2.71 bits per heavy atom. The van der Waals surface area contributed by atoms with Crippen LogP contribution < -0.4 is 5.32 Å². The first-order chi connectivity index (χ1) is 10.1. The summed E-state index contributed by atoms with van der Waals surface area (Å²) >= 11 is 0. The number of hydrogen-bond donors (Lipinski definition) is 1. The standard InChI is InChI=1S/C16H26N2O3/c1-4-6-13(3)11-21-12-14-7-8-16(18(19)20)15(10-14)17-9-5-2/h7-8,10,13,17H,4-6,9,11-12H2,1-3H3. The molecule has 0 bridgehead atoms. The van der Waals surface area contributed by atoms with Gasteiger partial charge in [0.15, 0.2) is 0 Å². The van der Waals surface area contributed by atoms with E-state index in [2.05, 4.69) is 19.2 Å². The lowest BCUT2D eigenvalue weighted by Gasteiger charge is -2.12. The van der Waals surface area contributed by atoms with E-state index < -0.39 is 0 Å². The van der Waals surface area contributed by atoms with Gasteiger partial charge in [0.05, 0.1) is 11.5 Å². The van der Waals surface area contributed by atoms with E-state index in [1.54, 1.807) is 12.1 Å². The largest absolute Gasteiger partial charge is 0.379 e. The number of benzene rings is 1. The second kappa shape index (κ2) is 9.34. The van der Waals surface area contributed by atoms with Crippen LogP contribution in [0.3, 0.4) is 0 Å². The Morgan fingerprint density at radius 1 is 1.33 bits per heavy atom. The Bertz CT molecular complexity index is 449. The molecule has 0 heterocycles. The second-order valence-corrected chi connectivity index (χ2v) is 5.44. The average Bonchev–Trinajstić information content (AvgIpc) is 2.45. The summed E-state index contributed by atoms with van der Waals surface area (Å²) in [5.41, 5.74) is 1.65. The Kier molecular flexibility index (Phi) is 7.75. The Labute approximate surface area is 126 Å². The van der Waals surface area contributed by atoms with Gasteiger partial charge in [-0.3, -0.25) is 10.1 Å². The van der Waals surface area contributed by atoms with Gasteiger partial charge in [-0.05, 0) is 36.5 Å². The van der Waals surface area contributed by atoms with E-state index in [0.717, 1.165) is 38.0 Å². The molecule has 1 atom stereocenters. The van der Waals surface area contributed by atoms with Crippen LogP contribution in [0.1, 0.15) is 45.6 Å². The summed E-state index contributed by atoms with van der Waals surface area (Å²) in [5.74, 6) is 0.547. The maximum atomic E-state index is 11.0. The van der Waals surface area contributed by atoms with E-state index in [9.17, 15) is 10.1 Å². The molecule has 0 amide bonds. The van der Waals surface area contributed by atoms with Crippen molar-refractivity contribution in [2.24, 2.45) is 5.92 Å². The lowest BCUT2D eigenvalue weighted by Crippen LogP contribution is -2.07. The first kappa shape index (κ1) is 17.4. The monoisotopic (exact) mass is 294 g/mol. The van der Waals surface area contributed by atoms with Crippen LogP contribution in [0.4, 0.5) is 11.4 Å². The molecule has 1 aromatic carbocycles. The van der Waals surface area contributed by atoms with Crippen LogP contribution in [-0.4, -0.2) is 18.1 Å². The van der Waals surface area contributed by atoms with Crippen molar-refractivity contribution in [3.05, 3.63) is 33.9 Å². The molecule has 0 aliphatic rings. The van der Waals surface area contributed by atoms with E-state index in [1.165, 1.54) is 0 Å². The number of anilines is 1. The van der Waals surface area contributed by atoms with Gasteiger partial charge in [-0.25, -0.2) is 0 Å². The zero-order valence-corrected chi connectivity index (χ0v) is 13.2. The number of nitrogens with zero attached hydrogens (tertiary/aromatic N) is 1. The van der Waals surface area contributed by atoms with Crippen molar-refractivity contribution in [1.29, 1.82) is 0 Å². The molecular formula is C16H26N2O3. The molecule has 118 valence electrons. The average molecular weight is 294 g/mol.